The van der Waals surface area contributed by atoms with E-state index in [1.165, 1.54) is 0 Å². The summed E-state index contributed by atoms with van der Waals surface area (Å²) in [6.07, 6.45) is 0.594. The quantitative estimate of drug-likeness (QED) is 0.709. The SMILES string of the molecule is Cc1nc2c(c(=O)[nH]1)CN(C(=O)c1ccc3nc(C)[nH]c3c1)CC2. The molecular weight excluding hydrogens is 306 g/mol. The van der Waals surface area contributed by atoms with Gasteiger partial charge in [-0.15, -0.1) is 0 Å². The molecule has 3 aromatic rings. The Balaban J connectivity index is 1.65. The van der Waals surface area contributed by atoms with Crippen molar-refractivity contribution in [1.29, 1.82) is 0 Å². The third kappa shape index (κ3) is 2.38. The maximum absolute atomic E-state index is 12.8. The van der Waals surface area contributed by atoms with E-state index in [1.807, 2.05) is 19.1 Å². The summed E-state index contributed by atoms with van der Waals surface area (Å²) in [5.74, 6) is 1.34. The Hall–Kier alpha value is -2.96. The predicted molar refractivity (Wildman–Crippen MR) is 88.9 cm³/mol. The van der Waals surface area contributed by atoms with Crippen molar-refractivity contribution in [2.75, 3.05) is 6.54 Å². The number of hydrogen-bond donors (Lipinski definition) is 2. The van der Waals surface area contributed by atoms with Gasteiger partial charge in [-0.05, 0) is 32.0 Å². The van der Waals surface area contributed by atoms with Crippen LogP contribution in [0.3, 0.4) is 0 Å². The first-order valence-electron chi connectivity index (χ1n) is 7.85. The molecular formula is C17H17N5O2. The van der Waals surface area contributed by atoms with E-state index in [0.29, 0.717) is 29.9 Å². The summed E-state index contributed by atoms with van der Waals surface area (Å²) in [4.78, 5) is 41.2. The number of nitrogens with one attached hydrogen (secondary N) is 2. The molecule has 0 fully saturated rings. The van der Waals surface area contributed by atoms with E-state index < -0.39 is 0 Å². The van der Waals surface area contributed by atoms with Gasteiger partial charge in [-0.1, -0.05) is 0 Å². The van der Waals surface area contributed by atoms with Gasteiger partial charge >= 0.3 is 0 Å². The molecule has 0 aliphatic carbocycles. The number of H-pyrrole nitrogens is 2. The first-order chi connectivity index (χ1) is 11.5. The van der Waals surface area contributed by atoms with Gasteiger partial charge in [0, 0.05) is 18.5 Å². The van der Waals surface area contributed by atoms with E-state index in [2.05, 4.69) is 19.9 Å². The third-order valence-corrected chi connectivity index (χ3v) is 4.32. The summed E-state index contributed by atoms with van der Waals surface area (Å²) in [5, 5.41) is 0. The zero-order chi connectivity index (χ0) is 16.8. The largest absolute Gasteiger partial charge is 0.342 e. The van der Waals surface area contributed by atoms with Crippen molar-refractivity contribution in [2.45, 2.75) is 26.8 Å². The van der Waals surface area contributed by atoms with Crippen LogP contribution in [0.4, 0.5) is 0 Å². The zero-order valence-corrected chi connectivity index (χ0v) is 13.5. The first kappa shape index (κ1) is 14.6. The molecule has 2 N–H and O–H groups in total. The minimum atomic E-state index is -0.158. The fourth-order valence-electron chi connectivity index (χ4n) is 3.18. The molecule has 0 spiro atoms. The van der Waals surface area contributed by atoms with Crippen LogP contribution >= 0.6 is 0 Å². The Morgan fingerprint density at radius 3 is 2.79 bits per heavy atom. The van der Waals surface area contributed by atoms with Gasteiger partial charge in [0.25, 0.3) is 11.5 Å². The van der Waals surface area contributed by atoms with Gasteiger partial charge in [-0.3, -0.25) is 9.59 Å². The van der Waals surface area contributed by atoms with Crippen LogP contribution in [0.1, 0.15) is 33.3 Å². The summed E-state index contributed by atoms with van der Waals surface area (Å²) < 4.78 is 0. The summed E-state index contributed by atoms with van der Waals surface area (Å²) in [6, 6.07) is 5.42. The highest BCUT2D eigenvalue weighted by atomic mass is 16.2. The van der Waals surface area contributed by atoms with E-state index in [4.69, 9.17) is 0 Å². The highest BCUT2D eigenvalue weighted by molar-refractivity contribution is 5.97. The third-order valence-electron chi connectivity index (χ3n) is 4.32. The van der Waals surface area contributed by atoms with Crippen LogP contribution in [0, 0.1) is 13.8 Å². The van der Waals surface area contributed by atoms with Gasteiger partial charge in [0.15, 0.2) is 0 Å². The first-order valence-corrected chi connectivity index (χ1v) is 7.85. The van der Waals surface area contributed by atoms with Crippen LogP contribution in [0.5, 0.6) is 0 Å². The number of imidazole rings is 1. The second-order valence-electron chi connectivity index (χ2n) is 6.11. The standard InChI is InChI=1S/C17H17N5O2/c1-9-19-14-4-3-11(7-15(14)20-9)17(24)22-6-5-13-12(8-22)16(23)21-10(2)18-13/h3-4,7H,5-6,8H2,1-2H3,(H,19,20)(H,18,21,23). The Morgan fingerprint density at radius 1 is 1.17 bits per heavy atom. The smallest absolute Gasteiger partial charge is 0.256 e. The van der Waals surface area contributed by atoms with Crippen LogP contribution in [0.25, 0.3) is 11.0 Å². The summed E-state index contributed by atoms with van der Waals surface area (Å²) in [6.45, 7) is 4.49. The molecule has 7 heteroatoms. The van der Waals surface area contributed by atoms with E-state index in [0.717, 1.165) is 22.6 Å². The number of aromatic amines is 2. The average molecular weight is 323 g/mol. The molecule has 0 saturated carbocycles. The fourth-order valence-corrected chi connectivity index (χ4v) is 3.18. The number of aryl methyl sites for hydroxylation is 2. The predicted octanol–water partition coefficient (Wildman–Crippen LogP) is 1.46. The minimum absolute atomic E-state index is 0.0882. The van der Waals surface area contributed by atoms with Crippen LogP contribution in [0.2, 0.25) is 0 Å². The zero-order valence-electron chi connectivity index (χ0n) is 13.5. The lowest BCUT2D eigenvalue weighted by atomic mass is 10.1. The van der Waals surface area contributed by atoms with Gasteiger partial charge < -0.3 is 14.9 Å². The van der Waals surface area contributed by atoms with E-state index in [-0.39, 0.29) is 18.0 Å². The van der Waals surface area contributed by atoms with E-state index in [1.54, 1.807) is 17.9 Å². The fraction of sp³-hybridized carbons (Fsp3) is 0.294. The van der Waals surface area contributed by atoms with Crippen molar-refractivity contribution in [3.05, 3.63) is 57.0 Å². The number of hydrogen-bond acceptors (Lipinski definition) is 4. The van der Waals surface area contributed by atoms with Crippen molar-refractivity contribution < 1.29 is 4.79 Å². The molecule has 122 valence electrons. The number of benzene rings is 1. The second-order valence-corrected chi connectivity index (χ2v) is 6.11. The molecule has 0 atom stereocenters. The Labute approximate surface area is 137 Å². The molecule has 1 aromatic carbocycles. The van der Waals surface area contributed by atoms with Crippen LogP contribution in [-0.4, -0.2) is 37.3 Å². The normalized spacial score (nSPS) is 14.0. The van der Waals surface area contributed by atoms with Crippen molar-refractivity contribution in [1.82, 2.24) is 24.8 Å². The highest BCUT2D eigenvalue weighted by Gasteiger charge is 2.25. The molecule has 24 heavy (non-hydrogen) atoms. The Morgan fingerprint density at radius 2 is 1.96 bits per heavy atom. The molecule has 1 aliphatic heterocycles. The van der Waals surface area contributed by atoms with Gasteiger partial charge in [0.2, 0.25) is 0 Å². The molecule has 7 nitrogen and oxygen atoms in total. The molecule has 2 aromatic heterocycles. The molecule has 1 amide bonds. The number of fused-ring (bicyclic) bond motifs is 2. The number of carbonyl (C=O) groups excluding carboxylic acids is 1. The monoisotopic (exact) mass is 323 g/mol. The van der Waals surface area contributed by atoms with Gasteiger partial charge in [0.1, 0.15) is 11.6 Å². The number of aromatic nitrogens is 4. The van der Waals surface area contributed by atoms with Gasteiger partial charge in [-0.25, -0.2) is 9.97 Å². The molecule has 3 heterocycles. The van der Waals surface area contributed by atoms with Crippen LogP contribution < -0.4 is 5.56 Å². The highest BCUT2D eigenvalue weighted by Crippen LogP contribution is 2.19. The summed E-state index contributed by atoms with van der Waals surface area (Å²) >= 11 is 0. The average Bonchev–Trinajstić information content (AvgIpc) is 2.93. The van der Waals surface area contributed by atoms with Crippen molar-refractivity contribution in [3.8, 4) is 0 Å². The maximum atomic E-state index is 12.8. The van der Waals surface area contributed by atoms with E-state index >= 15 is 0 Å². The number of carbonyl (C=O) groups is 1. The molecule has 0 radical (unpaired) electrons. The Kier molecular flexibility index (Phi) is 3.23. The topological polar surface area (TPSA) is 94.7 Å². The molecule has 0 bridgehead atoms. The summed E-state index contributed by atoms with van der Waals surface area (Å²) in [7, 11) is 0. The summed E-state index contributed by atoms with van der Waals surface area (Å²) in [5.41, 5.74) is 3.48. The van der Waals surface area contributed by atoms with Gasteiger partial charge in [0.05, 0.1) is 28.8 Å². The van der Waals surface area contributed by atoms with Gasteiger partial charge in [-0.2, -0.15) is 0 Å². The second kappa shape index (κ2) is 5.30. The Bertz CT molecular complexity index is 1020. The number of nitrogens with zero attached hydrogens (tertiary/aromatic N) is 3. The number of amides is 1. The lowest BCUT2D eigenvalue weighted by Crippen LogP contribution is -2.39. The minimum Gasteiger partial charge on any atom is -0.342 e. The van der Waals surface area contributed by atoms with Crippen molar-refractivity contribution >= 4 is 16.9 Å². The van der Waals surface area contributed by atoms with Crippen LogP contribution in [-0.2, 0) is 13.0 Å². The molecule has 1 aliphatic rings. The maximum Gasteiger partial charge on any atom is 0.256 e. The lowest BCUT2D eigenvalue weighted by molar-refractivity contribution is 0.0732. The van der Waals surface area contributed by atoms with E-state index in [9.17, 15) is 9.59 Å². The van der Waals surface area contributed by atoms with Crippen LogP contribution in [0.15, 0.2) is 23.0 Å². The molecule has 0 saturated heterocycles. The lowest BCUT2D eigenvalue weighted by Gasteiger charge is -2.27. The van der Waals surface area contributed by atoms with Crippen molar-refractivity contribution in [2.24, 2.45) is 0 Å². The molecule has 0 unspecified atom stereocenters. The molecule has 4 rings (SSSR count). The number of rotatable bonds is 1. The van der Waals surface area contributed by atoms with Crippen molar-refractivity contribution in [3.63, 3.8) is 0 Å².